The van der Waals surface area contributed by atoms with Gasteiger partial charge in [0.1, 0.15) is 36.6 Å². The number of carboxylic acid groups (broad SMARTS) is 2. The third kappa shape index (κ3) is 8.72. The SMILES string of the molecule is C#COc1ccc(C(=O)O)c(C(=O)Nc2cccc(S(=O)(=O)c3cccc(NC(=O)c4cc(OCCOc5ccccc5)ccc4C(=O)O)c3)c2)c1. The Labute approximate surface area is 297 Å². The zero-order valence-electron chi connectivity index (χ0n) is 26.9. The zero-order valence-corrected chi connectivity index (χ0v) is 27.8. The summed E-state index contributed by atoms with van der Waals surface area (Å²) in [5.74, 6) is -3.55. The van der Waals surface area contributed by atoms with Gasteiger partial charge in [0.15, 0.2) is 0 Å². The molecule has 0 unspecified atom stereocenters. The fraction of sp³-hybridized carbons (Fsp3) is 0.0526. The van der Waals surface area contributed by atoms with Gasteiger partial charge in [0.25, 0.3) is 11.8 Å². The third-order valence-corrected chi connectivity index (χ3v) is 9.03. The number of carbonyl (C=O) groups excluding carboxylic acids is 2. The van der Waals surface area contributed by atoms with E-state index in [1.54, 1.807) is 12.1 Å². The highest BCUT2D eigenvalue weighted by Crippen LogP contribution is 2.27. The van der Waals surface area contributed by atoms with Crippen molar-refractivity contribution in [1.82, 2.24) is 0 Å². The summed E-state index contributed by atoms with van der Waals surface area (Å²) in [7, 11) is -4.25. The minimum atomic E-state index is -4.25. The first-order chi connectivity index (χ1) is 25.0. The molecule has 0 fully saturated rings. The molecule has 0 spiro atoms. The van der Waals surface area contributed by atoms with Gasteiger partial charge in [-0.05, 0) is 84.9 Å². The molecule has 0 aliphatic heterocycles. The van der Waals surface area contributed by atoms with E-state index in [9.17, 15) is 37.8 Å². The molecule has 5 aromatic carbocycles. The maximum atomic E-state index is 13.7. The number of benzene rings is 5. The fourth-order valence-electron chi connectivity index (χ4n) is 4.87. The Morgan fingerprint density at radius 1 is 0.577 bits per heavy atom. The summed E-state index contributed by atoms with van der Waals surface area (Å²) in [4.78, 5) is 49.6. The van der Waals surface area contributed by atoms with Gasteiger partial charge in [0, 0.05) is 11.4 Å². The first-order valence-corrected chi connectivity index (χ1v) is 16.7. The van der Waals surface area contributed by atoms with Crippen molar-refractivity contribution in [2.45, 2.75) is 9.79 Å². The van der Waals surface area contributed by atoms with Gasteiger partial charge in [-0.15, -0.1) is 0 Å². The lowest BCUT2D eigenvalue weighted by atomic mass is 10.1. The van der Waals surface area contributed by atoms with Crippen LogP contribution in [-0.4, -0.2) is 55.6 Å². The molecule has 52 heavy (non-hydrogen) atoms. The van der Waals surface area contributed by atoms with Crippen LogP contribution in [0.4, 0.5) is 11.4 Å². The molecule has 5 aromatic rings. The van der Waals surface area contributed by atoms with Crippen LogP contribution >= 0.6 is 0 Å². The van der Waals surface area contributed by atoms with Gasteiger partial charge in [-0.3, -0.25) is 9.59 Å². The van der Waals surface area contributed by atoms with Crippen LogP contribution < -0.4 is 24.8 Å². The highest BCUT2D eigenvalue weighted by molar-refractivity contribution is 7.91. The Balaban J connectivity index is 1.32. The summed E-state index contributed by atoms with van der Waals surface area (Å²) >= 11 is 0. The molecule has 0 saturated carbocycles. The topological polar surface area (TPSA) is 195 Å². The normalized spacial score (nSPS) is 10.7. The minimum Gasteiger partial charge on any atom is -0.490 e. The molecule has 0 aromatic heterocycles. The van der Waals surface area contributed by atoms with E-state index in [2.05, 4.69) is 10.6 Å². The third-order valence-electron chi connectivity index (χ3n) is 7.28. The molecule has 262 valence electrons. The molecule has 0 saturated heterocycles. The summed E-state index contributed by atoms with van der Waals surface area (Å²) in [6, 6.07) is 27.0. The molecule has 2 amide bonds. The van der Waals surface area contributed by atoms with Crippen molar-refractivity contribution in [3.8, 4) is 29.8 Å². The van der Waals surface area contributed by atoms with Crippen LogP contribution in [0.5, 0.6) is 17.2 Å². The van der Waals surface area contributed by atoms with Crippen LogP contribution in [0.15, 0.2) is 125 Å². The Bertz CT molecular complexity index is 2320. The molecular weight excluding hydrogens is 692 g/mol. The van der Waals surface area contributed by atoms with Gasteiger partial charge >= 0.3 is 11.9 Å². The monoisotopic (exact) mass is 720 g/mol. The van der Waals surface area contributed by atoms with Crippen molar-refractivity contribution in [3.63, 3.8) is 0 Å². The van der Waals surface area contributed by atoms with E-state index in [-0.39, 0.29) is 68.1 Å². The van der Waals surface area contributed by atoms with E-state index < -0.39 is 33.6 Å². The minimum absolute atomic E-state index is 0.0325. The zero-order chi connectivity index (χ0) is 37.3. The van der Waals surface area contributed by atoms with Crippen LogP contribution in [0.3, 0.4) is 0 Å². The first-order valence-electron chi connectivity index (χ1n) is 15.2. The number of ether oxygens (including phenoxy) is 3. The summed E-state index contributed by atoms with van der Waals surface area (Å²) in [5, 5.41) is 24.3. The summed E-state index contributed by atoms with van der Waals surface area (Å²) in [6.07, 6.45) is 7.06. The van der Waals surface area contributed by atoms with Crippen molar-refractivity contribution in [3.05, 3.63) is 138 Å². The number of hydrogen-bond acceptors (Lipinski definition) is 9. The van der Waals surface area contributed by atoms with Crippen molar-refractivity contribution < 1.29 is 52.0 Å². The number of carbonyl (C=O) groups is 4. The predicted molar refractivity (Wildman–Crippen MR) is 188 cm³/mol. The number of anilines is 2. The van der Waals surface area contributed by atoms with Crippen molar-refractivity contribution in [1.29, 1.82) is 0 Å². The van der Waals surface area contributed by atoms with Crippen molar-refractivity contribution in [2.75, 3.05) is 23.8 Å². The number of aromatic carboxylic acids is 2. The molecule has 14 heteroatoms. The number of terminal acetylenes is 1. The van der Waals surface area contributed by atoms with Crippen LogP contribution in [-0.2, 0) is 9.84 Å². The van der Waals surface area contributed by atoms with Crippen molar-refractivity contribution in [2.24, 2.45) is 0 Å². The van der Waals surface area contributed by atoms with Gasteiger partial charge in [-0.25, -0.2) is 18.0 Å². The number of sulfone groups is 1. The average Bonchev–Trinajstić information content (AvgIpc) is 3.14. The number of para-hydroxylation sites is 1. The smallest absolute Gasteiger partial charge is 0.336 e. The lowest BCUT2D eigenvalue weighted by Gasteiger charge is -2.13. The highest BCUT2D eigenvalue weighted by atomic mass is 32.2. The van der Waals surface area contributed by atoms with E-state index >= 15 is 0 Å². The number of carboxylic acids is 2. The quantitative estimate of drug-likeness (QED) is 0.0794. The average molecular weight is 721 g/mol. The van der Waals surface area contributed by atoms with E-state index in [0.29, 0.717) is 5.75 Å². The summed E-state index contributed by atoms with van der Waals surface area (Å²) in [5.41, 5.74) is -1.08. The van der Waals surface area contributed by atoms with Gasteiger partial charge < -0.3 is 35.1 Å². The Hall–Kier alpha value is -7.11. The Morgan fingerprint density at radius 3 is 1.56 bits per heavy atom. The summed E-state index contributed by atoms with van der Waals surface area (Å²) < 4.78 is 43.5. The van der Waals surface area contributed by atoms with Crippen LogP contribution in [0.1, 0.15) is 41.4 Å². The lowest BCUT2D eigenvalue weighted by molar-refractivity contribution is 0.0683. The molecule has 5 rings (SSSR count). The molecule has 13 nitrogen and oxygen atoms in total. The van der Waals surface area contributed by atoms with Gasteiger partial charge in [-0.1, -0.05) is 36.8 Å². The number of rotatable bonds is 14. The second kappa shape index (κ2) is 16.1. The molecule has 0 bridgehead atoms. The molecule has 0 radical (unpaired) electrons. The van der Waals surface area contributed by atoms with E-state index in [1.165, 1.54) is 72.8 Å². The van der Waals surface area contributed by atoms with E-state index in [4.69, 9.17) is 20.6 Å². The van der Waals surface area contributed by atoms with E-state index in [0.717, 1.165) is 12.1 Å². The van der Waals surface area contributed by atoms with Gasteiger partial charge in [0.2, 0.25) is 9.84 Å². The van der Waals surface area contributed by atoms with E-state index in [1.807, 2.05) is 24.3 Å². The maximum absolute atomic E-state index is 13.7. The van der Waals surface area contributed by atoms with Crippen molar-refractivity contribution >= 4 is 45.0 Å². The van der Waals surface area contributed by atoms with Crippen LogP contribution in [0.25, 0.3) is 0 Å². The first kappa shape index (κ1) is 36.2. The second-order valence-electron chi connectivity index (χ2n) is 10.7. The Morgan fingerprint density at radius 2 is 1.06 bits per heavy atom. The number of hydrogen-bond donors (Lipinski definition) is 4. The Kier molecular flexibility index (Phi) is 11.2. The number of nitrogens with one attached hydrogen (secondary N) is 2. The molecule has 0 aliphatic carbocycles. The second-order valence-corrected chi connectivity index (χ2v) is 12.7. The van der Waals surface area contributed by atoms with Crippen LogP contribution in [0, 0.1) is 12.5 Å². The standard InChI is InChI=1S/C38H28N2O11S/c1-2-49-27-14-16-31(37(43)44)33(22-27)35(41)39-24-8-6-12-29(20-24)52(47,48)30-13-7-9-25(21-30)40-36(42)34-23-28(15-17-32(34)38(45)46)51-19-18-50-26-10-4-3-5-11-26/h1,3-17,20-23H,18-19H2,(H,39,41)(H,40,42)(H,43,44)(H,45,46). The molecule has 0 heterocycles. The number of amides is 2. The predicted octanol–water partition coefficient (Wildman–Crippen LogP) is 5.85. The lowest BCUT2D eigenvalue weighted by Crippen LogP contribution is -2.17. The molecular formula is C38H28N2O11S. The largest absolute Gasteiger partial charge is 0.490 e. The molecule has 0 aliphatic rings. The summed E-state index contributed by atoms with van der Waals surface area (Å²) in [6.45, 7) is 0.288. The van der Waals surface area contributed by atoms with Crippen LogP contribution in [0.2, 0.25) is 0 Å². The maximum Gasteiger partial charge on any atom is 0.336 e. The van der Waals surface area contributed by atoms with Gasteiger partial charge in [-0.2, -0.15) is 0 Å². The van der Waals surface area contributed by atoms with Gasteiger partial charge in [0.05, 0.1) is 32.0 Å². The molecule has 4 N–H and O–H groups in total. The highest BCUT2D eigenvalue weighted by Gasteiger charge is 2.23. The fourth-order valence-corrected chi connectivity index (χ4v) is 6.22. The molecule has 0 atom stereocenters.